The van der Waals surface area contributed by atoms with Crippen LogP contribution in [0, 0.1) is 0 Å². The Balaban J connectivity index is 2.17. The summed E-state index contributed by atoms with van der Waals surface area (Å²) in [6.07, 6.45) is 4.75. The minimum Gasteiger partial charge on any atom is -0.463 e. The van der Waals surface area contributed by atoms with E-state index in [1.807, 2.05) is 6.08 Å². The quantitative estimate of drug-likeness (QED) is 0.501. The Hall–Kier alpha value is -0.870. The molecule has 4 nitrogen and oxygen atoms in total. The number of likely N-dealkylation sites (tertiary alicyclic amines) is 1. The number of hydrogen-bond donors (Lipinski definition) is 0. The van der Waals surface area contributed by atoms with E-state index >= 15 is 0 Å². The van der Waals surface area contributed by atoms with Gasteiger partial charge in [0.1, 0.15) is 0 Å². The van der Waals surface area contributed by atoms with Crippen molar-refractivity contribution in [2.24, 2.45) is 0 Å². The third-order valence-corrected chi connectivity index (χ3v) is 2.47. The Bertz CT molecular complexity index is 228. The summed E-state index contributed by atoms with van der Waals surface area (Å²) in [5.41, 5.74) is 0. The van der Waals surface area contributed by atoms with Crippen LogP contribution in [0.5, 0.6) is 0 Å². The molecule has 0 aromatic heterocycles. The maximum atomic E-state index is 11.0. The van der Waals surface area contributed by atoms with E-state index in [0.29, 0.717) is 12.7 Å². The molecule has 4 heteroatoms. The molecule has 1 unspecified atom stereocenters. The van der Waals surface area contributed by atoms with Crippen LogP contribution in [0.4, 0.5) is 0 Å². The molecule has 1 saturated heterocycles. The van der Waals surface area contributed by atoms with Gasteiger partial charge in [-0.15, -0.1) is 0 Å². The van der Waals surface area contributed by atoms with Crippen molar-refractivity contribution in [1.82, 2.24) is 4.90 Å². The van der Waals surface area contributed by atoms with Gasteiger partial charge in [-0.1, -0.05) is 6.08 Å². The van der Waals surface area contributed by atoms with Gasteiger partial charge in [0.15, 0.2) is 0 Å². The number of rotatable bonds is 5. The molecule has 1 fully saturated rings. The van der Waals surface area contributed by atoms with Crippen molar-refractivity contribution in [1.29, 1.82) is 0 Å². The standard InChI is InChI=1S/C11H19NO3/c1-3-15-11(13)5-4-7-12-8-6-10(9-12)14-2/h4-5,10H,3,6-9H2,1-2H3/b5-4+. The van der Waals surface area contributed by atoms with Crippen LogP contribution in [0.2, 0.25) is 0 Å². The van der Waals surface area contributed by atoms with E-state index in [1.54, 1.807) is 14.0 Å². The first kappa shape index (κ1) is 12.2. The largest absolute Gasteiger partial charge is 0.463 e. The van der Waals surface area contributed by atoms with Crippen LogP contribution >= 0.6 is 0 Å². The number of carbonyl (C=O) groups is 1. The number of carbonyl (C=O) groups excluding carboxylic acids is 1. The molecule has 0 bridgehead atoms. The van der Waals surface area contributed by atoms with Gasteiger partial charge in [-0.2, -0.15) is 0 Å². The highest BCUT2D eigenvalue weighted by Gasteiger charge is 2.20. The van der Waals surface area contributed by atoms with Crippen LogP contribution < -0.4 is 0 Å². The summed E-state index contributed by atoms with van der Waals surface area (Å²) in [5, 5.41) is 0. The normalized spacial score (nSPS) is 22.4. The van der Waals surface area contributed by atoms with Gasteiger partial charge >= 0.3 is 5.97 Å². The van der Waals surface area contributed by atoms with E-state index in [4.69, 9.17) is 9.47 Å². The molecular weight excluding hydrogens is 194 g/mol. The maximum Gasteiger partial charge on any atom is 0.330 e. The zero-order chi connectivity index (χ0) is 11.1. The predicted octanol–water partition coefficient (Wildman–Crippen LogP) is 0.826. The molecule has 0 aromatic carbocycles. The molecule has 0 aliphatic carbocycles. The molecule has 0 radical (unpaired) electrons. The van der Waals surface area contributed by atoms with Crippen LogP contribution in [-0.2, 0) is 14.3 Å². The topological polar surface area (TPSA) is 38.8 Å². The van der Waals surface area contributed by atoms with Crippen molar-refractivity contribution in [2.75, 3.05) is 33.4 Å². The van der Waals surface area contributed by atoms with E-state index in [2.05, 4.69) is 4.90 Å². The summed E-state index contributed by atoms with van der Waals surface area (Å²) in [7, 11) is 1.74. The van der Waals surface area contributed by atoms with E-state index in [-0.39, 0.29) is 5.97 Å². The number of nitrogens with zero attached hydrogens (tertiary/aromatic N) is 1. The fraction of sp³-hybridized carbons (Fsp3) is 0.727. The molecule has 1 aliphatic rings. The van der Waals surface area contributed by atoms with Crippen molar-refractivity contribution in [3.05, 3.63) is 12.2 Å². The third-order valence-electron chi connectivity index (χ3n) is 2.47. The zero-order valence-electron chi connectivity index (χ0n) is 9.44. The van der Waals surface area contributed by atoms with Crippen molar-refractivity contribution in [3.63, 3.8) is 0 Å². The Labute approximate surface area is 90.8 Å². The molecule has 0 amide bonds. The van der Waals surface area contributed by atoms with Gasteiger partial charge < -0.3 is 9.47 Å². The summed E-state index contributed by atoms with van der Waals surface area (Å²) in [6, 6.07) is 0. The van der Waals surface area contributed by atoms with Crippen LogP contribution in [-0.4, -0.2) is 50.3 Å². The molecule has 1 aliphatic heterocycles. The lowest BCUT2D eigenvalue weighted by molar-refractivity contribution is -0.137. The molecule has 1 heterocycles. The fourth-order valence-corrected chi connectivity index (χ4v) is 1.64. The summed E-state index contributed by atoms with van der Waals surface area (Å²) in [6.45, 7) is 5.00. The van der Waals surface area contributed by atoms with Crippen LogP contribution in [0.1, 0.15) is 13.3 Å². The van der Waals surface area contributed by atoms with Crippen LogP contribution in [0.15, 0.2) is 12.2 Å². The molecule has 1 rings (SSSR count). The van der Waals surface area contributed by atoms with Gasteiger partial charge in [0, 0.05) is 32.8 Å². The number of esters is 1. The third kappa shape index (κ3) is 4.44. The van der Waals surface area contributed by atoms with Crippen molar-refractivity contribution in [2.45, 2.75) is 19.4 Å². The number of hydrogen-bond acceptors (Lipinski definition) is 4. The van der Waals surface area contributed by atoms with Crippen molar-refractivity contribution < 1.29 is 14.3 Å². The highest BCUT2D eigenvalue weighted by atomic mass is 16.5. The molecule has 0 spiro atoms. The molecule has 0 saturated carbocycles. The van der Waals surface area contributed by atoms with Gasteiger partial charge in [-0.25, -0.2) is 4.79 Å². The second kappa shape index (κ2) is 6.58. The second-order valence-electron chi connectivity index (χ2n) is 3.56. The van der Waals surface area contributed by atoms with E-state index in [1.165, 1.54) is 6.08 Å². The smallest absolute Gasteiger partial charge is 0.330 e. The monoisotopic (exact) mass is 213 g/mol. The highest BCUT2D eigenvalue weighted by Crippen LogP contribution is 2.10. The maximum absolute atomic E-state index is 11.0. The lowest BCUT2D eigenvalue weighted by atomic mass is 10.3. The van der Waals surface area contributed by atoms with Crippen molar-refractivity contribution >= 4 is 5.97 Å². The summed E-state index contributed by atoms with van der Waals surface area (Å²) >= 11 is 0. The van der Waals surface area contributed by atoms with Crippen molar-refractivity contribution in [3.8, 4) is 0 Å². The van der Waals surface area contributed by atoms with E-state index in [9.17, 15) is 4.79 Å². The van der Waals surface area contributed by atoms with Gasteiger partial charge in [0.2, 0.25) is 0 Å². The van der Waals surface area contributed by atoms with Crippen LogP contribution in [0.25, 0.3) is 0 Å². The Kier molecular flexibility index (Phi) is 5.36. The van der Waals surface area contributed by atoms with E-state index < -0.39 is 0 Å². The highest BCUT2D eigenvalue weighted by molar-refractivity contribution is 5.81. The van der Waals surface area contributed by atoms with Gasteiger partial charge in [-0.3, -0.25) is 4.90 Å². The van der Waals surface area contributed by atoms with Gasteiger partial charge in [0.05, 0.1) is 12.7 Å². The predicted molar refractivity (Wildman–Crippen MR) is 57.6 cm³/mol. The average Bonchev–Trinajstić information content (AvgIpc) is 2.66. The first-order chi connectivity index (χ1) is 7.26. The molecular formula is C11H19NO3. The van der Waals surface area contributed by atoms with Gasteiger partial charge in [0.25, 0.3) is 0 Å². The van der Waals surface area contributed by atoms with Crippen LogP contribution in [0.3, 0.4) is 0 Å². The Morgan fingerprint density at radius 2 is 2.40 bits per heavy atom. The minimum absolute atomic E-state index is 0.264. The number of ether oxygens (including phenoxy) is 2. The fourth-order valence-electron chi connectivity index (χ4n) is 1.64. The minimum atomic E-state index is -0.264. The summed E-state index contributed by atoms with van der Waals surface area (Å²) in [4.78, 5) is 13.2. The first-order valence-electron chi connectivity index (χ1n) is 5.34. The zero-order valence-corrected chi connectivity index (χ0v) is 9.44. The molecule has 0 N–H and O–H groups in total. The molecule has 1 atom stereocenters. The molecule has 15 heavy (non-hydrogen) atoms. The Morgan fingerprint density at radius 3 is 3.00 bits per heavy atom. The first-order valence-corrected chi connectivity index (χ1v) is 5.34. The lowest BCUT2D eigenvalue weighted by Gasteiger charge is -2.12. The SMILES string of the molecule is CCOC(=O)/C=C/CN1CCC(OC)C1. The van der Waals surface area contributed by atoms with E-state index in [0.717, 1.165) is 26.1 Å². The molecule has 86 valence electrons. The average molecular weight is 213 g/mol. The van der Waals surface area contributed by atoms with Gasteiger partial charge in [-0.05, 0) is 13.3 Å². The summed E-state index contributed by atoms with van der Waals surface area (Å²) < 4.78 is 10.0. The molecule has 0 aromatic rings. The Morgan fingerprint density at radius 1 is 1.60 bits per heavy atom. The lowest BCUT2D eigenvalue weighted by Crippen LogP contribution is -2.23. The summed E-state index contributed by atoms with van der Waals surface area (Å²) in [5.74, 6) is -0.264. The number of methoxy groups -OCH3 is 1. The second-order valence-corrected chi connectivity index (χ2v) is 3.56.